The van der Waals surface area contributed by atoms with Gasteiger partial charge in [0.2, 0.25) is 5.43 Å². The van der Waals surface area contributed by atoms with Crippen molar-refractivity contribution in [1.82, 2.24) is 15.2 Å². The Morgan fingerprint density at radius 3 is 2.47 bits per heavy atom. The molecule has 0 radical (unpaired) electrons. The summed E-state index contributed by atoms with van der Waals surface area (Å²) in [7, 11) is 2.92. The third-order valence-corrected chi connectivity index (χ3v) is 6.39. The number of benzene rings is 1. The number of aromatic amines is 1. The fourth-order valence-electron chi connectivity index (χ4n) is 3.98. The number of methoxy groups -OCH3 is 1. The lowest BCUT2D eigenvalue weighted by Crippen LogP contribution is -2.48. The molecule has 38 heavy (non-hydrogen) atoms. The molecule has 1 aromatic carbocycles. The van der Waals surface area contributed by atoms with E-state index in [-0.39, 0.29) is 23.5 Å². The number of hydrogen-bond donors (Lipinski definition) is 3. The number of carbonyl (C=O) groups is 2. The minimum atomic E-state index is -1.07. The average molecular weight is 538 g/mol. The monoisotopic (exact) mass is 537 g/mol. The largest absolute Gasteiger partial charge is 0.503 e. The second-order valence-corrected chi connectivity index (χ2v) is 9.39. The number of carbonyl (C=O) groups excluding carboxylic acids is 2. The maximum absolute atomic E-state index is 14.0. The number of halogens is 2. The van der Waals surface area contributed by atoms with Crippen molar-refractivity contribution in [3.05, 3.63) is 62.6 Å². The van der Waals surface area contributed by atoms with E-state index < -0.39 is 51.8 Å². The van der Waals surface area contributed by atoms with Gasteiger partial charge in [0.05, 0.1) is 23.9 Å². The Kier molecular flexibility index (Phi) is 11.0. The van der Waals surface area contributed by atoms with Crippen LogP contribution in [0.25, 0.3) is 0 Å². The first-order chi connectivity index (χ1) is 17.9. The second kappa shape index (κ2) is 13.5. The molecule has 210 valence electrons. The van der Waals surface area contributed by atoms with Gasteiger partial charge in [-0.05, 0) is 25.8 Å². The Bertz CT molecular complexity index is 1190. The maximum Gasteiger partial charge on any atom is 0.274 e. The molecule has 1 fully saturated rings. The molecular weight excluding hydrogens is 500 g/mol. The third kappa shape index (κ3) is 6.76. The highest BCUT2D eigenvalue weighted by atomic mass is 19.1. The van der Waals surface area contributed by atoms with Crippen LogP contribution in [-0.4, -0.2) is 59.7 Å². The van der Waals surface area contributed by atoms with E-state index in [0.717, 1.165) is 6.07 Å². The van der Waals surface area contributed by atoms with Crippen LogP contribution in [0.15, 0.2) is 23.0 Å². The molecule has 1 aliphatic heterocycles. The second-order valence-electron chi connectivity index (χ2n) is 9.39. The first-order valence-corrected chi connectivity index (χ1v) is 12.6. The van der Waals surface area contributed by atoms with E-state index in [0.29, 0.717) is 32.1 Å². The summed E-state index contributed by atoms with van der Waals surface area (Å²) in [6.45, 7) is 8.25. The summed E-state index contributed by atoms with van der Waals surface area (Å²) >= 11 is 0. The predicted molar refractivity (Wildman–Crippen MR) is 138 cm³/mol. The van der Waals surface area contributed by atoms with Crippen LogP contribution in [0.4, 0.5) is 8.78 Å². The quantitative estimate of drug-likeness (QED) is 0.467. The van der Waals surface area contributed by atoms with Gasteiger partial charge in [0.25, 0.3) is 11.8 Å². The van der Waals surface area contributed by atoms with Crippen LogP contribution in [0.5, 0.6) is 5.75 Å². The maximum atomic E-state index is 14.0. The van der Waals surface area contributed by atoms with Crippen molar-refractivity contribution in [1.29, 1.82) is 0 Å². The molecule has 1 aliphatic rings. The number of hydrogen-bond acceptors (Lipinski definition) is 6. The van der Waals surface area contributed by atoms with Crippen molar-refractivity contribution in [2.45, 2.75) is 65.1 Å². The van der Waals surface area contributed by atoms with Crippen LogP contribution >= 0.6 is 0 Å². The van der Waals surface area contributed by atoms with Gasteiger partial charge >= 0.3 is 0 Å². The number of amides is 2. The molecule has 11 heteroatoms. The normalized spacial score (nSPS) is 17.4. The fraction of sp³-hybridized carbons (Fsp3) is 0.519. The van der Waals surface area contributed by atoms with E-state index in [1.54, 1.807) is 14.0 Å². The topological polar surface area (TPSA) is 121 Å². The van der Waals surface area contributed by atoms with Crippen molar-refractivity contribution in [2.24, 2.45) is 0 Å². The summed E-state index contributed by atoms with van der Waals surface area (Å²) < 4.78 is 37.9. The van der Waals surface area contributed by atoms with Crippen LogP contribution in [0.2, 0.25) is 0 Å². The Morgan fingerprint density at radius 1 is 1.29 bits per heavy atom. The predicted octanol–water partition coefficient (Wildman–Crippen LogP) is 4.05. The zero-order chi connectivity index (χ0) is 28.6. The van der Waals surface area contributed by atoms with Gasteiger partial charge in [-0.3, -0.25) is 14.4 Å². The third-order valence-electron chi connectivity index (χ3n) is 6.39. The number of aromatic nitrogens is 1. The van der Waals surface area contributed by atoms with Crippen molar-refractivity contribution < 1.29 is 33.0 Å². The number of likely N-dealkylation sites (N-methyl/N-ethyl adjacent to an activating group) is 1. The van der Waals surface area contributed by atoms with Gasteiger partial charge in [-0.1, -0.05) is 33.3 Å². The van der Waals surface area contributed by atoms with Gasteiger partial charge in [0.15, 0.2) is 11.4 Å². The first-order valence-electron chi connectivity index (χ1n) is 12.6. The molecule has 2 unspecified atom stereocenters. The van der Waals surface area contributed by atoms with Gasteiger partial charge in [0, 0.05) is 38.9 Å². The molecule has 1 saturated heterocycles. The summed E-state index contributed by atoms with van der Waals surface area (Å²) in [5, 5.41) is 13.0. The molecule has 0 aliphatic carbocycles. The molecule has 0 spiro atoms. The lowest BCUT2D eigenvalue weighted by atomic mass is 9.98. The number of pyridine rings is 1. The lowest BCUT2D eigenvalue weighted by Gasteiger charge is -2.34. The van der Waals surface area contributed by atoms with E-state index >= 15 is 0 Å². The van der Waals surface area contributed by atoms with E-state index in [1.165, 1.54) is 24.5 Å². The highest BCUT2D eigenvalue weighted by Crippen LogP contribution is 2.29. The average Bonchev–Trinajstić information content (AvgIpc) is 3.33. The number of rotatable bonds is 8. The molecule has 9 nitrogen and oxygen atoms in total. The van der Waals surface area contributed by atoms with Crippen LogP contribution in [0.3, 0.4) is 0 Å². The van der Waals surface area contributed by atoms with E-state index in [2.05, 4.69) is 24.1 Å². The minimum absolute atomic E-state index is 0.000506. The van der Waals surface area contributed by atoms with Crippen LogP contribution in [-0.2, 0) is 16.0 Å². The van der Waals surface area contributed by atoms with Crippen molar-refractivity contribution in [2.75, 3.05) is 27.4 Å². The number of aromatic hydroxyl groups is 1. The summed E-state index contributed by atoms with van der Waals surface area (Å²) in [5.41, 5.74) is -2.55. The number of ether oxygens (including phenoxy) is 2. The molecule has 2 amide bonds. The van der Waals surface area contributed by atoms with Crippen molar-refractivity contribution in [3.8, 4) is 5.75 Å². The number of nitrogens with one attached hydrogen (secondary N) is 2. The van der Waals surface area contributed by atoms with E-state index in [1.807, 2.05) is 6.92 Å². The Labute approximate surface area is 221 Å². The zero-order valence-electron chi connectivity index (χ0n) is 22.7. The summed E-state index contributed by atoms with van der Waals surface area (Å²) in [6.07, 6.45) is 1.37. The van der Waals surface area contributed by atoms with Crippen LogP contribution < -0.4 is 10.7 Å². The highest BCUT2D eigenvalue weighted by molar-refractivity contribution is 5.99. The first kappa shape index (κ1) is 30.9. The van der Waals surface area contributed by atoms with Gasteiger partial charge in [-0.2, -0.15) is 0 Å². The van der Waals surface area contributed by atoms with E-state index in [9.17, 15) is 28.3 Å². The molecule has 2 atom stereocenters. The smallest absolute Gasteiger partial charge is 0.274 e. The van der Waals surface area contributed by atoms with Crippen molar-refractivity contribution in [3.63, 3.8) is 0 Å². The molecule has 3 N–H and O–H groups in total. The van der Waals surface area contributed by atoms with Gasteiger partial charge in [0.1, 0.15) is 17.2 Å². The van der Waals surface area contributed by atoms with Crippen molar-refractivity contribution >= 4 is 11.8 Å². The number of H-pyrrole nitrogens is 1. The van der Waals surface area contributed by atoms with Crippen LogP contribution in [0.1, 0.15) is 85.2 Å². The molecule has 3 rings (SSSR count). The van der Waals surface area contributed by atoms with Gasteiger partial charge in [-0.15, -0.1) is 0 Å². The molecule has 2 heterocycles. The lowest BCUT2D eigenvalue weighted by molar-refractivity contribution is 0.0538. The minimum Gasteiger partial charge on any atom is -0.503 e. The Hall–Kier alpha value is -3.31. The zero-order valence-corrected chi connectivity index (χ0v) is 22.7. The fourth-order valence-corrected chi connectivity index (χ4v) is 3.98. The van der Waals surface area contributed by atoms with E-state index in [4.69, 9.17) is 9.47 Å². The molecule has 1 aromatic heterocycles. The summed E-state index contributed by atoms with van der Waals surface area (Å²) in [6, 6.07) is 2.89. The molecule has 2 aromatic rings. The highest BCUT2D eigenvalue weighted by Gasteiger charge is 2.39. The Morgan fingerprint density at radius 2 is 1.95 bits per heavy atom. The SMILES string of the molecule is CCC.CCC(OC)c1[nH]c(C(=O)N(C)C2(C)CCOC2)c(O)c(=O)c1C(=O)NCc1ccc(F)cc1F. The summed E-state index contributed by atoms with van der Waals surface area (Å²) in [4.78, 5) is 43.5. The standard InChI is InChI=1S/C24H29F2N3O6.C3H8/c1-5-16(34-4)18-17(22(32)27-11-13-6-7-14(25)10-15(13)26)20(30)21(31)19(28-18)23(33)29(3)24(2)8-9-35-12-24;1-3-2/h6-7,10,16,31H,5,8-9,11-12H2,1-4H3,(H,27,32)(H,28,30);3H2,1-2H3. The molecule has 0 saturated carbocycles. The van der Waals surface area contributed by atoms with Gasteiger partial charge < -0.3 is 29.8 Å². The molecule has 0 bridgehead atoms. The molecular formula is C27H37F2N3O6. The summed E-state index contributed by atoms with van der Waals surface area (Å²) in [5.74, 6) is -4.12. The Balaban J connectivity index is 0.00000161. The van der Waals surface area contributed by atoms with Gasteiger partial charge in [-0.25, -0.2) is 8.78 Å². The number of nitrogens with zero attached hydrogens (tertiary/aromatic N) is 1. The van der Waals surface area contributed by atoms with Crippen LogP contribution in [0, 0.1) is 11.6 Å².